The van der Waals surface area contributed by atoms with Gasteiger partial charge in [-0.3, -0.25) is 9.78 Å². The summed E-state index contributed by atoms with van der Waals surface area (Å²) in [4.78, 5) is 19.6. The fraction of sp³-hybridized carbons (Fsp3) is 0.435. The summed E-state index contributed by atoms with van der Waals surface area (Å²) in [5.74, 6) is 0.476. The summed E-state index contributed by atoms with van der Waals surface area (Å²) < 4.78 is 0. The maximum absolute atomic E-state index is 12.7. The first-order chi connectivity index (χ1) is 13.7. The first-order valence-corrected chi connectivity index (χ1v) is 10.2. The second kappa shape index (κ2) is 8.53. The SMILES string of the molecule is N#Cc1cccnc1-c1cccc(C(=O)NC[C@@H]2CCN(C3CCCC3)C2)c1. The highest BCUT2D eigenvalue weighted by atomic mass is 16.1. The molecule has 0 radical (unpaired) electrons. The molecule has 5 heteroatoms. The van der Waals surface area contributed by atoms with Crippen LogP contribution >= 0.6 is 0 Å². The first-order valence-electron chi connectivity index (χ1n) is 10.2. The minimum atomic E-state index is -0.0596. The number of carbonyl (C=O) groups is 1. The Balaban J connectivity index is 1.37. The van der Waals surface area contributed by atoms with E-state index < -0.39 is 0 Å². The second-order valence-electron chi connectivity index (χ2n) is 7.89. The molecule has 1 aliphatic heterocycles. The molecular weight excluding hydrogens is 348 g/mol. The number of nitrogens with one attached hydrogen (secondary N) is 1. The molecule has 1 aromatic heterocycles. The molecule has 2 heterocycles. The zero-order valence-electron chi connectivity index (χ0n) is 16.1. The maximum Gasteiger partial charge on any atom is 0.251 e. The topological polar surface area (TPSA) is 69.0 Å². The van der Waals surface area contributed by atoms with E-state index in [1.54, 1.807) is 18.3 Å². The van der Waals surface area contributed by atoms with Gasteiger partial charge >= 0.3 is 0 Å². The van der Waals surface area contributed by atoms with E-state index in [4.69, 9.17) is 0 Å². The number of benzene rings is 1. The van der Waals surface area contributed by atoms with Crippen molar-refractivity contribution in [3.63, 3.8) is 0 Å². The van der Waals surface area contributed by atoms with Crippen LogP contribution in [0.25, 0.3) is 11.3 Å². The Morgan fingerprint density at radius 3 is 2.89 bits per heavy atom. The van der Waals surface area contributed by atoms with E-state index in [2.05, 4.69) is 21.3 Å². The highest BCUT2D eigenvalue weighted by Gasteiger charge is 2.29. The van der Waals surface area contributed by atoms with E-state index >= 15 is 0 Å². The van der Waals surface area contributed by atoms with Gasteiger partial charge in [0.15, 0.2) is 0 Å². The lowest BCUT2D eigenvalue weighted by molar-refractivity contribution is 0.0947. The second-order valence-corrected chi connectivity index (χ2v) is 7.89. The summed E-state index contributed by atoms with van der Waals surface area (Å²) in [7, 11) is 0. The molecule has 0 unspecified atom stereocenters. The molecule has 1 aliphatic carbocycles. The third-order valence-corrected chi connectivity index (χ3v) is 6.04. The van der Waals surface area contributed by atoms with Crippen molar-refractivity contribution in [1.29, 1.82) is 5.26 Å². The van der Waals surface area contributed by atoms with Gasteiger partial charge in [-0.15, -0.1) is 0 Å². The van der Waals surface area contributed by atoms with Crippen LogP contribution in [0.15, 0.2) is 42.6 Å². The molecule has 2 aromatic rings. The minimum absolute atomic E-state index is 0.0596. The van der Waals surface area contributed by atoms with Gasteiger partial charge in [0.1, 0.15) is 6.07 Å². The van der Waals surface area contributed by atoms with Crippen LogP contribution in [0.2, 0.25) is 0 Å². The van der Waals surface area contributed by atoms with Gasteiger partial charge in [0, 0.05) is 36.5 Å². The van der Waals surface area contributed by atoms with Crippen molar-refractivity contribution in [3.05, 3.63) is 53.7 Å². The lowest BCUT2D eigenvalue weighted by Crippen LogP contribution is -2.34. The number of likely N-dealkylation sites (tertiary alicyclic amines) is 1. The molecule has 1 saturated carbocycles. The molecule has 5 nitrogen and oxygen atoms in total. The van der Waals surface area contributed by atoms with Gasteiger partial charge in [-0.1, -0.05) is 25.0 Å². The lowest BCUT2D eigenvalue weighted by Gasteiger charge is -2.23. The number of aromatic nitrogens is 1. The van der Waals surface area contributed by atoms with E-state index in [9.17, 15) is 10.1 Å². The van der Waals surface area contributed by atoms with Crippen molar-refractivity contribution < 1.29 is 4.79 Å². The minimum Gasteiger partial charge on any atom is -0.352 e. The average molecular weight is 374 g/mol. The summed E-state index contributed by atoms with van der Waals surface area (Å²) in [5.41, 5.74) is 2.52. The highest BCUT2D eigenvalue weighted by molar-refractivity contribution is 5.95. The summed E-state index contributed by atoms with van der Waals surface area (Å²) in [6.07, 6.45) is 8.23. The number of hydrogen-bond acceptors (Lipinski definition) is 4. The number of carbonyl (C=O) groups excluding carboxylic acids is 1. The number of pyridine rings is 1. The van der Waals surface area contributed by atoms with Crippen LogP contribution in [0.5, 0.6) is 0 Å². The molecule has 1 N–H and O–H groups in total. The van der Waals surface area contributed by atoms with Gasteiger partial charge in [-0.2, -0.15) is 5.26 Å². The molecule has 1 saturated heterocycles. The van der Waals surface area contributed by atoms with Gasteiger partial charge < -0.3 is 10.2 Å². The van der Waals surface area contributed by atoms with Gasteiger partial charge in [0.05, 0.1) is 11.3 Å². The third kappa shape index (κ3) is 4.07. The van der Waals surface area contributed by atoms with Crippen molar-refractivity contribution in [2.45, 2.75) is 38.1 Å². The first kappa shape index (κ1) is 18.6. The Hall–Kier alpha value is -2.71. The normalized spacial score (nSPS) is 20.2. The Labute approximate surface area is 166 Å². The standard InChI is InChI=1S/C23H26N4O/c24-14-20-7-4-11-25-22(20)18-5-3-6-19(13-18)23(28)26-15-17-10-12-27(16-17)21-8-1-2-9-21/h3-7,11,13,17,21H,1-2,8-10,12,15-16H2,(H,26,28)/t17-/m0/s1. The molecule has 0 bridgehead atoms. The third-order valence-electron chi connectivity index (χ3n) is 6.04. The van der Waals surface area contributed by atoms with Gasteiger partial charge in [0.25, 0.3) is 5.91 Å². The summed E-state index contributed by atoms with van der Waals surface area (Å²) >= 11 is 0. The van der Waals surface area contributed by atoms with E-state index in [0.717, 1.165) is 37.7 Å². The zero-order chi connectivity index (χ0) is 19.3. The van der Waals surface area contributed by atoms with Crippen LogP contribution in [0.4, 0.5) is 0 Å². The summed E-state index contributed by atoms with van der Waals surface area (Å²) in [6, 6.07) is 13.8. The van der Waals surface area contributed by atoms with Crippen LogP contribution in [-0.2, 0) is 0 Å². The Kier molecular flexibility index (Phi) is 5.68. The number of rotatable bonds is 5. The molecule has 2 aliphatic rings. The van der Waals surface area contributed by atoms with Crippen molar-refractivity contribution in [2.75, 3.05) is 19.6 Å². The molecule has 144 valence electrons. The van der Waals surface area contributed by atoms with Crippen LogP contribution in [-0.4, -0.2) is 41.5 Å². The highest BCUT2D eigenvalue weighted by Crippen LogP contribution is 2.28. The predicted molar refractivity (Wildman–Crippen MR) is 109 cm³/mol. The van der Waals surface area contributed by atoms with Crippen LogP contribution in [0.3, 0.4) is 0 Å². The molecule has 28 heavy (non-hydrogen) atoms. The van der Waals surface area contributed by atoms with Crippen LogP contribution in [0.1, 0.15) is 48.0 Å². The quantitative estimate of drug-likeness (QED) is 0.868. The summed E-state index contributed by atoms with van der Waals surface area (Å²) in [6.45, 7) is 2.99. The van der Waals surface area contributed by atoms with E-state index in [-0.39, 0.29) is 5.91 Å². The zero-order valence-corrected chi connectivity index (χ0v) is 16.1. The van der Waals surface area contributed by atoms with E-state index in [1.807, 2.05) is 24.3 Å². The fourth-order valence-electron chi connectivity index (χ4n) is 4.50. The molecule has 4 rings (SSSR count). The van der Waals surface area contributed by atoms with Crippen molar-refractivity contribution in [1.82, 2.24) is 15.2 Å². The smallest absolute Gasteiger partial charge is 0.251 e. The van der Waals surface area contributed by atoms with Gasteiger partial charge in [-0.25, -0.2) is 0 Å². The van der Waals surface area contributed by atoms with Gasteiger partial charge in [0.2, 0.25) is 0 Å². The number of nitrogens with zero attached hydrogens (tertiary/aromatic N) is 3. The van der Waals surface area contributed by atoms with Crippen LogP contribution in [0, 0.1) is 17.2 Å². The summed E-state index contributed by atoms with van der Waals surface area (Å²) in [5, 5.41) is 12.4. The molecule has 1 atom stereocenters. The van der Waals surface area contributed by atoms with Crippen molar-refractivity contribution >= 4 is 5.91 Å². The molecule has 1 aromatic carbocycles. The van der Waals surface area contributed by atoms with Gasteiger partial charge in [-0.05, 0) is 56.0 Å². The molecule has 2 fully saturated rings. The Morgan fingerprint density at radius 1 is 1.21 bits per heavy atom. The maximum atomic E-state index is 12.7. The van der Waals surface area contributed by atoms with Crippen LogP contribution < -0.4 is 5.32 Å². The van der Waals surface area contributed by atoms with E-state index in [0.29, 0.717) is 22.7 Å². The van der Waals surface area contributed by atoms with Crippen molar-refractivity contribution in [3.8, 4) is 17.3 Å². The monoisotopic (exact) mass is 374 g/mol. The van der Waals surface area contributed by atoms with Crippen molar-refractivity contribution in [2.24, 2.45) is 5.92 Å². The average Bonchev–Trinajstić information content (AvgIpc) is 3.44. The Bertz CT molecular complexity index is 882. The lowest BCUT2D eigenvalue weighted by atomic mass is 10.0. The number of nitriles is 1. The molecule has 1 amide bonds. The number of hydrogen-bond donors (Lipinski definition) is 1. The molecular formula is C23H26N4O. The predicted octanol–water partition coefficient (Wildman–Crippen LogP) is 3.61. The fourth-order valence-corrected chi connectivity index (χ4v) is 4.50. The Morgan fingerprint density at radius 2 is 2.07 bits per heavy atom. The van der Waals surface area contributed by atoms with E-state index in [1.165, 1.54) is 25.7 Å². The molecule has 0 spiro atoms. The largest absolute Gasteiger partial charge is 0.352 e. The number of amides is 1.